The fourth-order valence-electron chi connectivity index (χ4n) is 2.04. The summed E-state index contributed by atoms with van der Waals surface area (Å²) < 4.78 is 2.89. The number of amides is 1. The molecule has 0 saturated heterocycles. The molecule has 0 atom stereocenters. The van der Waals surface area contributed by atoms with E-state index in [0.717, 1.165) is 23.1 Å². The molecule has 2 N–H and O–H groups in total. The average Bonchev–Trinajstić information content (AvgIpc) is 3.03. The normalized spacial score (nSPS) is 11.0. The van der Waals surface area contributed by atoms with E-state index in [1.54, 1.807) is 12.4 Å². The summed E-state index contributed by atoms with van der Waals surface area (Å²) in [7, 11) is 0. The summed E-state index contributed by atoms with van der Waals surface area (Å²) in [5, 5.41) is 2.95. The van der Waals surface area contributed by atoms with Crippen LogP contribution in [0.1, 0.15) is 42.6 Å². The van der Waals surface area contributed by atoms with Crippen LogP contribution in [0.5, 0.6) is 0 Å². The van der Waals surface area contributed by atoms with Gasteiger partial charge in [0.1, 0.15) is 11.5 Å². The van der Waals surface area contributed by atoms with Crippen molar-refractivity contribution in [2.75, 3.05) is 6.54 Å². The van der Waals surface area contributed by atoms with Gasteiger partial charge in [0, 0.05) is 42.1 Å². The summed E-state index contributed by atoms with van der Waals surface area (Å²) >= 11 is 3.41. The Morgan fingerprint density at radius 1 is 1.55 bits per heavy atom. The Balaban J connectivity index is 1.85. The molecule has 2 aromatic rings. The molecule has 0 aliphatic carbocycles. The Kier molecular flexibility index (Phi) is 5.00. The first kappa shape index (κ1) is 14.8. The number of aromatic amines is 1. The van der Waals surface area contributed by atoms with Crippen LogP contribution in [0.15, 0.2) is 29.1 Å². The minimum absolute atomic E-state index is 0.0381. The maximum atomic E-state index is 12.2. The third-order valence-electron chi connectivity index (χ3n) is 3.03. The Labute approximate surface area is 126 Å². The SMILES string of the molecule is CC(C)n1cc(Br)cc1C(=O)NCCCc1ncc[nH]1. The smallest absolute Gasteiger partial charge is 0.267 e. The Morgan fingerprint density at radius 3 is 3.00 bits per heavy atom. The van der Waals surface area contributed by atoms with Crippen LogP contribution >= 0.6 is 15.9 Å². The number of aryl methyl sites for hydroxylation is 1. The highest BCUT2D eigenvalue weighted by Gasteiger charge is 2.14. The van der Waals surface area contributed by atoms with Gasteiger partial charge in [0.25, 0.3) is 5.91 Å². The topological polar surface area (TPSA) is 62.7 Å². The largest absolute Gasteiger partial charge is 0.351 e. The highest BCUT2D eigenvalue weighted by atomic mass is 79.9. The molecule has 2 aromatic heterocycles. The Morgan fingerprint density at radius 2 is 2.35 bits per heavy atom. The molecule has 0 aromatic carbocycles. The monoisotopic (exact) mass is 338 g/mol. The van der Waals surface area contributed by atoms with E-state index in [4.69, 9.17) is 0 Å². The number of H-pyrrole nitrogens is 1. The molecule has 108 valence electrons. The summed E-state index contributed by atoms with van der Waals surface area (Å²) in [5.41, 5.74) is 0.685. The van der Waals surface area contributed by atoms with Crippen molar-refractivity contribution >= 4 is 21.8 Å². The second-order valence-electron chi connectivity index (χ2n) is 4.94. The van der Waals surface area contributed by atoms with Crippen LogP contribution in [0, 0.1) is 0 Å². The number of hydrogen-bond donors (Lipinski definition) is 2. The number of nitrogens with zero attached hydrogens (tertiary/aromatic N) is 2. The molecule has 0 unspecified atom stereocenters. The van der Waals surface area contributed by atoms with Gasteiger partial charge in [-0.05, 0) is 42.3 Å². The molecule has 0 fully saturated rings. The van der Waals surface area contributed by atoms with Crippen LogP contribution in [-0.2, 0) is 6.42 Å². The minimum Gasteiger partial charge on any atom is -0.351 e. The Bertz CT molecular complexity index is 560. The average molecular weight is 339 g/mol. The van der Waals surface area contributed by atoms with E-state index in [9.17, 15) is 4.79 Å². The summed E-state index contributed by atoms with van der Waals surface area (Å²) in [6, 6.07) is 2.10. The molecule has 20 heavy (non-hydrogen) atoms. The predicted octanol–water partition coefficient (Wildman–Crippen LogP) is 2.92. The third-order valence-corrected chi connectivity index (χ3v) is 3.47. The molecule has 2 rings (SSSR count). The van der Waals surface area contributed by atoms with Crippen LogP contribution in [0.3, 0.4) is 0 Å². The second kappa shape index (κ2) is 6.74. The van der Waals surface area contributed by atoms with Gasteiger partial charge in [-0.25, -0.2) is 4.98 Å². The minimum atomic E-state index is -0.0381. The van der Waals surface area contributed by atoms with Crippen molar-refractivity contribution in [1.29, 1.82) is 0 Å². The lowest BCUT2D eigenvalue weighted by Crippen LogP contribution is -2.27. The number of nitrogens with one attached hydrogen (secondary N) is 2. The Hall–Kier alpha value is -1.56. The van der Waals surface area contributed by atoms with Crippen molar-refractivity contribution in [3.05, 3.63) is 40.6 Å². The summed E-state index contributed by atoms with van der Waals surface area (Å²) in [5.74, 6) is 0.913. The number of hydrogen-bond acceptors (Lipinski definition) is 2. The second-order valence-corrected chi connectivity index (χ2v) is 5.86. The van der Waals surface area contributed by atoms with Gasteiger partial charge >= 0.3 is 0 Å². The first-order valence-corrected chi connectivity index (χ1v) is 7.51. The highest BCUT2D eigenvalue weighted by Crippen LogP contribution is 2.19. The van der Waals surface area contributed by atoms with Crippen molar-refractivity contribution in [3.63, 3.8) is 0 Å². The van der Waals surface area contributed by atoms with Gasteiger partial charge in [-0.3, -0.25) is 4.79 Å². The molecular formula is C14H19BrN4O. The molecule has 0 bridgehead atoms. The zero-order valence-corrected chi connectivity index (χ0v) is 13.3. The number of imidazole rings is 1. The third kappa shape index (κ3) is 3.72. The van der Waals surface area contributed by atoms with Crippen LogP contribution in [-0.4, -0.2) is 27.0 Å². The van der Waals surface area contributed by atoms with Crippen LogP contribution in [0.4, 0.5) is 0 Å². The van der Waals surface area contributed by atoms with Gasteiger partial charge in [0.15, 0.2) is 0 Å². The molecule has 2 heterocycles. The first-order valence-electron chi connectivity index (χ1n) is 6.71. The van der Waals surface area contributed by atoms with Crippen molar-refractivity contribution in [1.82, 2.24) is 19.9 Å². The molecule has 0 aliphatic rings. The van der Waals surface area contributed by atoms with Gasteiger partial charge in [0.2, 0.25) is 0 Å². The quantitative estimate of drug-likeness (QED) is 0.795. The van der Waals surface area contributed by atoms with Gasteiger partial charge in [-0.1, -0.05) is 0 Å². The van der Waals surface area contributed by atoms with Crippen molar-refractivity contribution in [3.8, 4) is 0 Å². The predicted molar refractivity (Wildman–Crippen MR) is 81.8 cm³/mol. The summed E-state index contributed by atoms with van der Waals surface area (Å²) in [6.45, 7) is 4.75. The molecular weight excluding hydrogens is 320 g/mol. The molecule has 0 saturated carbocycles. The van der Waals surface area contributed by atoms with Gasteiger partial charge in [0.05, 0.1) is 0 Å². The van der Waals surface area contributed by atoms with E-state index in [1.807, 2.05) is 16.8 Å². The maximum Gasteiger partial charge on any atom is 0.267 e. The summed E-state index contributed by atoms with van der Waals surface area (Å²) in [6.07, 6.45) is 7.18. The molecule has 5 nitrogen and oxygen atoms in total. The first-order chi connectivity index (χ1) is 9.58. The van der Waals surface area contributed by atoms with Gasteiger partial charge in [-0.2, -0.15) is 0 Å². The fourth-order valence-corrected chi connectivity index (χ4v) is 2.48. The van der Waals surface area contributed by atoms with Crippen LogP contribution in [0.25, 0.3) is 0 Å². The molecule has 1 amide bonds. The lowest BCUT2D eigenvalue weighted by molar-refractivity contribution is 0.0942. The number of carbonyl (C=O) groups is 1. The molecule has 0 aliphatic heterocycles. The number of carbonyl (C=O) groups excluding carboxylic acids is 1. The van der Waals surface area contributed by atoms with Gasteiger partial charge < -0.3 is 14.9 Å². The van der Waals surface area contributed by atoms with Crippen molar-refractivity contribution in [2.45, 2.75) is 32.7 Å². The number of rotatable bonds is 6. The fraction of sp³-hybridized carbons (Fsp3) is 0.429. The lowest BCUT2D eigenvalue weighted by atomic mass is 10.3. The maximum absolute atomic E-state index is 12.2. The standard InChI is InChI=1S/C14H19BrN4O/c1-10(2)19-9-11(15)8-12(19)14(20)18-5-3-4-13-16-6-7-17-13/h6-10H,3-5H2,1-2H3,(H,16,17)(H,18,20). The van der Waals surface area contributed by atoms with Crippen LogP contribution < -0.4 is 5.32 Å². The number of aromatic nitrogens is 3. The highest BCUT2D eigenvalue weighted by molar-refractivity contribution is 9.10. The molecule has 0 spiro atoms. The number of halogens is 1. The van der Waals surface area contributed by atoms with E-state index in [2.05, 4.69) is 45.1 Å². The van der Waals surface area contributed by atoms with Crippen molar-refractivity contribution < 1.29 is 4.79 Å². The van der Waals surface area contributed by atoms with Gasteiger partial charge in [-0.15, -0.1) is 0 Å². The van der Waals surface area contributed by atoms with E-state index >= 15 is 0 Å². The van der Waals surface area contributed by atoms with E-state index < -0.39 is 0 Å². The lowest BCUT2D eigenvalue weighted by Gasteiger charge is -2.12. The van der Waals surface area contributed by atoms with E-state index in [-0.39, 0.29) is 11.9 Å². The zero-order valence-electron chi connectivity index (χ0n) is 11.7. The molecule has 0 radical (unpaired) electrons. The van der Waals surface area contributed by atoms with Crippen LogP contribution in [0.2, 0.25) is 0 Å². The zero-order chi connectivity index (χ0) is 14.5. The van der Waals surface area contributed by atoms with Crippen molar-refractivity contribution in [2.24, 2.45) is 0 Å². The molecule has 6 heteroatoms. The van der Waals surface area contributed by atoms with E-state index in [1.165, 1.54) is 0 Å². The van der Waals surface area contributed by atoms with E-state index in [0.29, 0.717) is 12.2 Å². The summed E-state index contributed by atoms with van der Waals surface area (Å²) in [4.78, 5) is 19.4.